The van der Waals surface area contributed by atoms with E-state index in [0.717, 1.165) is 11.1 Å². The van der Waals surface area contributed by atoms with Crippen molar-refractivity contribution in [2.24, 2.45) is 5.10 Å². The number of carbonyl (C=O) groups excluding carboxylic acids is 1. The summed E-state index contributed by atoms with van der Waals surface area (Å²) in [6, 6.07) is 29.2. The molecule has 1 aliphatic rings. The van der Waals surface area contributed by atoms with Gasteiger partial charge in [-0.3, -0.25) is 4.79 Å². The maximum absolute atomic E-state index is 14.2. The van der Waals surface area contributed by atoms with Gasteiger partial charge in [0.1, 0.15) is 5.41 Å². The molecule has 0 aromatic heterocycles. The molecular weight excluding hydrogens is 398 g/mol. The van der Waals surface area contributed by atoms with Crippen molar-refractivity contribution in [2.45, 2.75) is 37.8 Å². The van der Waals surface area contributed by atoms with E-state index in [-0.39, 0.29) is 18.4 Å². The van der Waals surface area contributed by atoms with Crippen molar-refractivity contribution in [1.29, 1.82) is 0 Å². The van der Waals surface area contributed by atoms with Crippen LogP contribution in [0.1, 0.15) is 31.4 Å². The second-order valence-electron chi connectivity index (χ2n) is 8.46. The Morgan fingerprint density at radius 2 is 1.47 bits per heavy atom. The van der Waals surface area contributed by atoms with Gasteiger partial charge in [-0.15, -0.1) is 0 Å². The van der Waals surface area contributed by atoms with Gasteiger partial charge < -0.3 is 10.4 Å². The second-order valence-corrected chi connectivity index (χ2v) is 8.46. The molecule has 2 atom stereocenters. The molecule has 0 saturated heterocycles. The number of aliphatic hydroxyl groups is 1. The van der Waals surface area contributed by atoms with Crippen LogP contribution in [-0.4, -0.2) is 35.4 Å². The Labute approximate surface area is 189 Å². The van der Waals surface area contributed by atoms with E-state index in [0.29, 0.717) is 17.9 Å². The maximum atomic E-state index is 14.2. The van der Waals surface area contributed by atoms with Crippen LogP contribution in [-0.2, 0) is 10.2 Å². The van der Waals surface area contributed by atoms with Crippen LogP contribution in [0.5, 0.6) is 0 Å². The van der Waals surface area contributed by atoms with Crippen molar-refractivity contribution in [3.63, 3.8) is 0 Å². The molecule has 0 aliphatic carbocycles. The molecule has 0 unspecified atom stereocenters. The summed E-state index contributed by atoms with van der Waals surface area (Å²) in [7, 11) is 0. The van der Waals surface area contributed by atoms with Crippen LogP contribution in [0.3, 0.4) is 0 Å². The van der Waals surface area contributed by atoms with Gasteiger partial charge in [0.2, 0.25) is 0 Å². The van der Waals surface area contributed by atoms with Crippen molar-refractivity contribution in [3.8, 4) is 0 Å². The quantitative estimate of drug-likeness (QED) is 0.568. The molecule has 0 spiro atoms. The lowest BCUT2D eigenvalue weighted by Crippen LogP contribution is -2.48. The summed E-state index contributed by atoms with van der Waals surface area (Å²) >= 11 is 0. The first-order valence-electron chi connectivity index (χ1n) is 11.0. The molecular formula is C27H29N3O2. The van der Waals surface area contributed by atoms with Gasteiger partial charge in [-0.05, 0) is 29.7 Å². The minimum Gasteiger partial charge on any atom is -0.392 e. The summed E-state index contributed by atoms with van der Waals surface area (Å²) in [5.74, 6) is -0.155. The van der Waals surface area contributed by atoms with Crippen LogP contribution < -0.4 is 10.3 Å². The fourth-order valence-corrected chi connectivity index (χ4v) is 4.24. The van der Waals surface area contributed by atoms with Gasteiger partial charge >= 0.3 is 0 Å². The number of nitrogens with one attached hydrogen (secondary N) is 1. The molecule has 5 nitrogen and oxygen atoms in total. The molecule has 3 aromatic carbocycles. The average Bonchev–Trinajstić information content (AvgIpc) is 3.12. The lowest BCUT2D eigenvalue weighted by molar-refractivity contribution is -0.122. The topological polar surface area (TPSA) is 64.9 Å². The third-order valence-electron chi connectivity index (χ3n) is 5.78. The minimum absolute atomic E-state index is 0.155. The van der Waals surface area contributed by atoms with Gasteiger partial charge in [-0.1, -0.05) is 92.7 Å². The standard InChI is InChI=1S/C27H29N3O2/c1-20(2)28-19-24(31)18-27(22-14-8-4-9-15-22)25(21-12-6-3-7-13-21)29-30(26(27)32)23-16-10-5-11-17-23/h3-17,20,24,28,31H,18-19H2,1-2H3/t24-,27+/m0/s1. The van der Waals surface area contributed by atoms with E-state index >= 15 is 0 Å². The molecule has 2 N–H and O–H groups in total. The molecule has 1 amide bonds. The zero-order chi connectivity index (χ0) is 22.6. The van der Waals surface area contributed by atoms with E-state index in [9.17, 15) is 9.90 Å². The Bertz CT molecular complexity index is 1070. The van der Waals surface area contributed by atoms with Gasteiger partial charge in [0.25, 0.3) is 5.91 Å². The van der Waals surface area contributed by atoms with Crippen LogP contribution in [0.2, 0.25) is 0 Å². The number of aliphatic hydroxyl groups excluding tert-OH is 1. The Morgan fingerprint density at radius 1 is 0.906 bits per heavy atom. The highest BCUT2D eigenvalue weighted by molar-refractivity contribution is 6.29. The lowest BCUT2D eigenvalue weighted by atomic mass is 9.70. The van der Waals surface area contributed by atoms with Crippen LogP contribution in [0, 0.1) is 0 Å². The zero-order valence-electron chi connectivity index (χ0n) is 18.5. The summed E-state index contributed by atoms with van der Waals surface area (Å²) in [5, 5.41) is 20.7. The number of nitrogens with zero attached hydrogens (tertiary/aromatic N) is 2. The lowest BCUT2D eigenvalue weighted by Gasteiger charge is -2.32. The van der Waals surface area contributed by atoms with Gasteiger partial charge in [0.15, 0.2) is 0 Å². The molecule has 0 saturated carbocycles. The molecule has 4 rings (SSSR count). The molecule has 3 aromatic rings. The highest BCUT2D eigenvalue weighted by Gasteiger charge is 2.54. The largest absolute Gasteiger partial charge is 0.392 e. The smallest absolute Gasteiger partial charge is 0.264 e. The number of para-hydroxylation sites is 1. The van der Waals surface area contributed by atoms with Gasteiger partial charge in [-0.25, -0.2) is 0 Å². The third-order valence-corrected chi connectivity index (χ3v) is 5.78. The van der Waals surface area contributed by atoms with Gasteiger partial charge in [-0.2, -0.15) is 10.1 Å². The van der Waals surface area contributed by atoms with E-state index in [4.69, 9.17) is 5.10 Å². The van der Waals surface area contributed by atoms with E-state index in [1.807, 2.05) is 105 Å². The predicted molar refractivity (Wildman–Crippen MR) is 129 cm³/mol. The number of anilines is 1. The molecule has 0 radical (unpaired) electrons. The Kier molecular flexibility index (Phi) is 6.49. The summed E-state index contributed by atoms with van der Waals surface area (Å²) in [5.41, 5.74) is 1.96. The first kappa shape index (κ1) is 21.9. The van der Waals surface area contributed by atoms with E-state index in [1.165, 1.54) is 5.01 Å². The molecule has 1 heterocycles. The van der Waals surface area contributed by atoms with Gasteiger partial charge in [0, 0.05) is 12.6 Å². The van der Waals surface area contributed by atoms with Crippen LogP contribution in [0.15, 0.2) is 96.1 Å². The Hall–Kier alpha value is -3.28. The third kappa shape index (κ3) is 4.22. The molecule has 164 valence electrons. The highest BCUT2D eigenvalue weighted by Crippen LogP contribution is 2.42. The number of benzene rings is 3. The molecule has 0 fully saturated rings. The normalized spacial score (nSPS) is 19.3. The number of amides is 1. The number of carbonyl (C=O) groups is 1. The maximum Gasteiger partial charge on any atom is 0.264 e. The van der Waals surface area contributed by atoms with Crippen LogP contribution in [0.4, 0.5) is 5.69 Å². The zero-order valence-corrected chi connectivity index (χ0v) is 18.5. The average molecular weight is 428 g/mol. The Morgan fingerprint density at radius 3 is 2.06 bits per heavy atom. The number of rotatable bonds is 8. The highest BCUT2D eigenvalue weighted by atomic mass is 16.3. The second kappa shape index (κ2) is 9.47. The van der Waals surface area contributed by atoms with E-state index in [1.54, 1.807) is 0 Å². The number of hydrogen-bond acceptors (Lipinski definition) is 4. The summed E-state index contributed by atoms with van der Waals surface area (Å²) in [6.07, 6.45) is -0.502. The van der Waals surface area contributed by atoms with E-state index < -0.39 is 11.5 Å². The molecule has 5 heteroatoms. The predicted octanol–water partition coefficient (Wildman–Crippen LogP) is 4.12. The van der Waals surface area contributed by atoms with Crippen molar-refractivity contribution < 1.29 is 9.90 Å². The first-order chi connectivity index (χ1) is 15.5. The molecule has 1 aliphatic heterocycles. The number of hydrazone groups is 1. The summed E-state index contributed by atoms with van der Waals surface area (Å²) < 4.78 is 0. The fraction of sp³-hybridized carbons (Fsp3) is 0.259. The first-order valence-corrected chi connectivity index (χ1v) is 11.0. The number of hydrogen-bond donors (Lipinski definition) is 2. The summed E-state index contributed by atoms with van der Waals surface area (Å²) in [4.78, 5) is 14.2. The Balaban J connectivity index is 1.87. The van der Waals surface area contributed by atoms with Crippen molar-refractivity contribution >= 4 is 17.3 Å². The van der Waals surface area contributed by atoms with Crippen molar-refractivity contribution in [1.82, 2.24) is 5.32 Å². The van der Waals surface area contributed by atoms with E-state index in [2.05, 4.69) is 5.32 Å². The SMILES string of the molecule is CC(C)NC[C@@H](O)C[C@]1(c2ccccc2)C(=O)N(c2ccccc2)N=C1c1ccccc1. The molecule has 32 heavy (non-hydrogen) atoms. The monoisotopic (exact) mass is 427 g/mol. The minimum atomic E-state index is -1.10. The van der Waals surface area contributed by atoms with Crippen LogP contribution >= 0.6 is 0 Å². The van der Waals surface area contributed by atoms with Crippen LogP contribution in [0.25, 0.3) is 0 Å². The van der Waals surface area contributed by atoms with Crippen molar-refractivity contribution in [3.05, 3.63) is 102 Å². The molecule has 0 bridgehead atoms. The fourth-order valence-electron chi connectivity index (χ4n) is 4.24. The van der Waals surface area contributed by atoms with Gasteiger partial charge in [0.05, 0.1) is 17.5 Å². The van der Waals surface area contributed by atoms with Crippen molar-refractivity contribution in [2.75, 3.05) is 11.6 Å². The summed E-state index contributed by atoms with van der Waals surface area (Å²) in [6.45, 7) is 4.47.